The first-order valence-electron chi connectivity index (χ1n) is 4.58. The normalized spacial score (nSPS) is 11.1. The first-order chi connectivity index (χ1) is 6.63. The van der Waals surface area contributed by atoms with E-state index in [-0.39, 0.29) is 5.56 Å². The van der Waals surface area contributed by atoms with Gasteiger partial charge in [-0.15, -0.1) is 0 Å². The van der Waals surface area contributed by atoms with Crippen LogP contribution in [-0.2, 0) is 6.42 Å². The summed E-state index contributed by atoms with van der Waals surface area (Å²) in [5, 5.41) is 4.20. The van der Waals surface area contributed by atoms with Gasteiger partial charge < -0.3 is 0 Å². The van der Waals surface area contributed by atoms with Gasteiger partial charge >= 0.3 is 0 Å². The molecule has 0 aliphatic carbocycles. The molecular formula is C9H12N4O. The number of fused-ring (bicyclic) bond motifs is 1. The van der Waals surface area contributed by atoms with Crippen LogP contribution in [0, 0.1) is 13.8 Å². The number of hydrogen-bond acceptors (Lipinski definition) is 3. The number of aryl methyl sites for hydroxylation is 2. The standard InChI is InChI=1S/C9H12N4O/c1-4-7-5(2)13-9(11-8(7)14)10-6(3)12-13/h4H2,1-3H3,(H,10,11,12,14). The smallest absolute Gasteiger partial charge is 0.255 e. The summed E-state index contributed by atoms with van der Waals surface area (Å²) in [7, 11) is 0. The minimum absolute atomic E-state index is 0.0649. The summed E-state index contributed by atoms with van der Waals surface area (Å²) < 4.78 is 1.68. The Balaban J connectivity index is 2.92. The van der Waals surface area contributed by atoms with E-state index < -0.39 is 0 Å². The van der Waals surface area contributed by atoms with E-state index in [1.54, 1.807) is 11.4 Å². The molecule has 5 heteroatoms. The van der Waals surface area contributed by atoms with Crippen LogP contribution in [0.2, 0.25) is 0 Å². The van der Waals surface area contributed by atoms with Crippen molar-refractivity contribution in [3.05, 3.63) is 27.4 Å². The van der Waals surface area contributed by atoms with Crippen LogP contribution in [0.5, 0.6) is 0 Å². The average molecular weight is 192 g/mol. The maximum absolute atomic E-state index is 11.6. The Morgan fingerprint density at radius 3 is 2.79 bits per heavy atom. The van der Waals surface area contributed by atoms with Crippen molar-refractivity contribution in [3.63, 3.8) is 0 Å². The molecule has 5 nitrogen and oxygen atoms in total. The van der Waals surface area contributed by atoms with E-state index in [0.29, 0.717) is 18.0 Å². The van der Waals surface area contributed by atoms with Crippen LogP contribution in [0.25, 0.3) is 5.78 Å². The highest BCUT2D eigenvalue weighted by molar-refractivity contribution is 5.32. The van der Waals surface area contributed by atoms with Crippen molar-refractivity contribution in [2.75, 3.05) is 0 Å². The SMILES string of the molecule is CCc1c(C)n2nc(C)nc2[nH]c1=O. The van der Waals surface area contributed by atoms with Gasteiger partial charge in [0.25, 0.3) is 5.56 Å². The molecular weight excluding hydrogens is 180 g/mol. The summed E-state index contributed by atoms with van der Waals surface area (Å²) in [5.74, 6) is 1.18. The van der Waals surface area contributed by atoms with Gasteiger partial charge in [0, 0.05) is 5.56 Å². The molecule has 14 heavy (non-hydrogen) atoms. The third-order valence-electron chi connectivity index (χ3n) is 2.32. The lowest BCUT2D eigenvalue weighted by Gasteiger charge is -2.02. The fourth-order valence-electron chi connectivity index (χ4n) is 1.62. The molecule has 0 fully saturated rings. The van der Waals surface area contributed by atoms with Crippen molar-refractivity contribution in [1.29, 1.82) is 0 Å². The number of H-pyrrole nitrogens is 1. The van der Waals surface area contributed by atoms with Crippen molar-refractivity contribution in [3.8, 4) is 0 Å². The second kappa shape index (κ2) is 2.94. The van der Waals surface area contributed by atoms with Crippen LogP contribution in [0.4, 0.5) is 0 Å². The Morgan fingerprint density at radius 1 is 1.43 bits per heavy atom. The zero-order valence-corrected chi connectivity index (χ0v) is 8.46. The fraction of sp³-hybridized carbons (Fsp3) is 0.444. The molecule has 0 saturated heterocycles. The Labute approximate surface area is 80.8 Å². The minimum atomic E-state index is -0.0649. The molecule has 2 aromatic rings. The van der Waals surface area contributed by atoms with Crippen LogP contribution < -0.4 is 5.56 Å². The third-order valence-corrected chi connectivity index (χ3v) is 2.32. The third kappa shape index (κ3) is 1.13. The van der Waals surface area contributed by atoms with Crippen molar-refractivity contribution in [1.82, 2.24) is 19.6 Å². The summed E-state index contributed by atoms with van der Waals surface area (Å²) in [6, 6.07) is 0. The molecule has 0 aliphatic heterocycles. The van der Waals surface area contributed by atoms with Crippen LogP contribution >= 0.6 is 0 Å². The number of aromatic amines is 1. The molecule has 0 amide bonds. The molecule has 0 atom stereocenters. The number of nitrogens with one attached hydrogen (secondary N) is 1. The topological polar surface area (TPSA) is 63.1 Å². The van der Waals surface area contributed by atoms with Crippen LogP contribution in [-0.4, -0.2) is 19.6 Å². The maximum atomic E-state index is 11.6. The van der Waals surface area contributed by atoms with Gasteiger partial charge in [0.1, 0.15) is 5.82 Å². The number of hydrogen-bond donors (Lipinski definition) is 1. The Bertz CT molecular complexity index is 537. The largest absolute Gasteiger partial charge is 0.291 e. The second-order valence-corrected chi connectivity index (χ2v) is 3.27. The molecule has 2 aromatic heterocycles. The van der Waals surface area contributed by atoms with E-state index in [1.165, 1.54) is 0 Å². The van der Waals surface area contributed by atoms with Gasteiger partial charge in [-0.2, -0.15) is 10.1 Å². The van der Waals surface area contributed by atoms with Gasteiger partial charge in [-0.1, -0.05) is 6.92 Å². The number of aromatic nitrogens is 4. The Hall–Kier alpha value is -1.65. The second-order valence-electron chi connectivity index (χ2n) is 3.27. The Morgan fingerprint density at radius 2 is 2.14 bits per heavy atom. The molecule has 1 N–H and O–H groups in total. The van der Waals surface area contributed by atoms with E-state index in [2.05, 4.69) is 15.1 Å². The lowest BCUT2D eigenvalue weighted by atomic mass is 10.2. The average Bonchev–Trinajstić information content (AvgIpc) is 2.47. The van der Waals surface area contributed by atoms with Crippen LogP contribution in [0.15, 0.2) is 4.79 Å². The van der Waals surface area contributed by atoms with E-state index in [9.17, 15) is 4.79 Å². The van der Waals surface area contributed by atoms with Gasteiger partial charge in [0.05, 0.1) is 5.69 Å². The van der Waals surface area contributed by atoms with E-state index in [0.717, 1.165) is 11.3 Å². The monoisotopic (exact) mass is 192 g/mol. The highest BCUT2D eigenvalue weighted by atomic mass is 16.1. The minimum Gasteiger partial charge on any atom is -0.291 e. The Kier molecular flexibility index (Phi) is 1.87. The summed E-state index contributed by atoms with van der Waals surface area (Å²) in [5.41, 5.74) is 1.57. The molecule has 0 bridgehead atoms. The van der Waals surface area contributed by atoms with E-state index >= 15 is 0 Å². The van der Waals surface area contributed by atoms with Gasteiger partial charge in [-0.05, 0) is 20.3 Å². The van der Waals surface area contributed by atoms with Crippen molar-refractivity contribution < 1.29 is 0 Å². The summed E-state index contributed by atoms with van der Waals surface area (Å²) in [4.78, 5) is 18.4. The lowest BCUT2D eigenvalue weighted by molar-refractivity contribution is 0.840. The van der Waals surface area contributed by atoms with Crippen molar-refractivity contribution >= 4 is 5.78 Å². The van der Waals surface area contributed by atoms with Crippen molar-refractivity contribution in [2.24, 2.45) is 0 Å². The number of nitrogens with zero attached hydrogens (tertiary/aromatic N) is 3. The molecule has 2 rings (SSSR count). The summed E-state index contributed by atoms with van der Waals surface area (Å²) in [6.07, 6.45) is 0.704. The van der Waals surface area contributed by atoms with Gasteiger partial charge in [-0.3, -0.25) is 9.78 Å². The summed E-state index contributed by atoms with van der Waals surface area (Å²) >= 11 is 0. The molecule has 0 saturated carbocycles. The van der Waals surface area contributed by atoms with Crippen LogP contribution in [0.1, 0.15) is 24.0 Å². The highest BCUT2D eigenvalue weighted by Gasteiger charge is 2.09. The van der Waals surface area contributed by atoms with Gasteiger partial charge in [-0.25, -0.2) is 4.52 Å². The molecule has 0 spiro atoms. The fourth-order valence-corrected chi connectivity index (χ4v) is 1.62. The highest BCUT2D eigenvalue weighted by Crippen LogP contribution is 2.04. The molecule has 74 valence electrons. The van der Waals surface area contributed by atoms with E-state index in [1.807, 2.05) is 13.8 Å². The van der Waals surface area contributed by atoms with Crippen molar-refractivity contribution in [2.45, 2.75) is 27.2 Å². The predicted octanol–water partition coefficient (Wildman–Crippen LogP) is 0.597. The first-order valence-corrected chi connectivity index (χ1v) is 4.58. The first kappa shape index (κ1) is 8.93. The molecule has 0 unspecified atom stereocenters. The molecule has 0 radical (unpaired) electrons. The zero-order chi connectivity index (χ0) is 10.3. The number of rotatable bonds is 1. The predicted molar refractivity (Wildman–Crippen MR) is 52.5 cm³/mol. The lowest BCUT2D eigenvalue weighted by Crippen LogP contribution is -2.17. The quantitative estimate of drug-likeness (QED) is 0.719. The molecule has 2 heterocycles. The zero-order valence-electron chi connectivity index (χ0n) is 8.46. The molecule has 0 aromatic carbocycles. The maximum Gasteiger partial charge on any atom is 0.255 e. The summed E-state index contributed by atoms with van der Waals surface area (Å²) in [6.45, 7) is 5.64. The molecule has 0 aliphatic rings. The van der Waals surface area contributed by atoms with Gasteiger partial charge in [0.2, 0.25) is 5.78 Å². The van der Waals surface area contributed by atoms with Crippen LogP contribution in [0.3, 0.4) is 0 Å². The van der Waals surface area contributed by atoms with E-state index in [4.69, 9.17) is 0 Å². The van der Waals surface area contributed by atoms with Gasteiger partial charge in [0.15, 0.2) is 0 Å².